The number of aliphatic imine (C=N–C) groups is 1. The third kappa shape index (κ3) is 7.68. The molecule has 0 heterocycles. The molecule has 0 spiro atoms. The minimum absolute atomic E-state index is 0.0528. The predicted molar refractivity (Wildman–Crippen MR) is 142 cm³/mol. The van der Waals surface area contributed by atoms with Crippen molar-refractivity contribution < 1.29 is 26.3 Å². The zero-order valence-electron chi connectivity index (χ0n) is 20.0. The normalized spacial score (nSPS) is 12.3. The fourth-order valence-electron chi connectivity index (χ4n) is 3.51. The first kappa shape index (κ1) is 27.9. The van der Waals surface area contributed by atoms with E-state index in [4.69, 9.17) is 0 Å². The lowest BCUT2D eigenvalue weighted by Gasteiger charge is -2.19. The van der Waals surface area contributed by atoms with Crippen molar-refractivity contribution in [1.29, 1.82) is 0 Å². The zero-order valence-corrected chi connectivity index (χ0v) is 21.6. The van der Waals surface area contributed by atoms with Gasteiger partial charge in [-0.25, -0.2) is 13.2 Å². The Morgan fingerprint density at radius 3 is 1.74 bits per heavy atom. The molecule has 4 aromatic carbocycles. The summed E-state index contributed by atoms with van der Waals surface area (Å²) in [5, 5.41) is 0. The zero-order chi connectivity index (χ0) is 27.3. The van der Waals surface area contributed by atoms with E-state index in [1.54, 1.807) is 36.4 Å². The summed E-state index contributed by atoms with van der Waals surface area (Å²) >= 11 is 2.73. The molecular formula is C29H21F6NS2. The van der Waals surface area contributed by atoms with Crippen LogP contribution in [-0.2, 0) is 6.18 Å². The van der Waals surface area contributed by atoms with Crippen LogP contribution in [0.4, 0.5) is 32.0 Å². The van der Waals surface area contributed by atoms with Crippen LogP contribution < -0.4 is 0 Å². The number of benzene rings is 4. The lowest BCUT2D eigenvalue weighted by molar-refractivity contribution is -0.137. The van der Waals surface area contributed by atoms with Crippen LogP contribution in [0.25, 0.3) is 0 Å². The largest absolute Gasteiger partial charge is 0.416 e. The van der Waals surface area contributed by atoms with Gasteiger partial charge in [0.15, 0.2) is 0 Å². The third-order valence-electron chi connectivity index (χ3n) is 5.43. The molecule has 38 heavy (non-hydrogen) atoms. The maximum atomic E-state index is 15.1. The van der Waals surface area contributed by atoms with Crippen molar-refractivity contribution in [2.75, 3.05) is 0 Å². The van der Waals surface area contributed by atoms with Crippen LogP contribution in [0, 0.1) is 24.4 Å². The molecule has 0 amide bonds. The average Bonchev–Trinajstić information content (AvgIpc) is 2.87. The summed E-state index contributed by atoms with van der Waals surface area (Å²) in [6.45, 7) is 1.90. The quantitative estimate of drug-likeness (QED) is 0.0919. The van der Waals surface area contributed by atoms with E-state index in [1.165, 1.54) is 47.8 Å². The molecule has 1 nitrogen and oxygen atoms in total. The molecule has 0 radical (unpaired) electrons. The van der Waals surface area contributed by atoms with Crippen molar-refractivity contribution in [2.45, 2.75) is 33.9 Å². The van der Waals surface area contributed by atoms with Crippen LogP contribution in [0.15, 0.2) is 106 Å². The summed E-state index contributed by atoms with van der Waals surface area (Å²) in [7, 11) is 0. The standard InChI is InChI=1S/C29H21F6NS2/c1-18-2-9-22(10-3-18)36-27(25-15-4-19(16-26(25)32)29(33,34)35)17-28(37-23-11-5-20(30)6-12-23)38-24-13-7-21(31)8-14-24/h2-16,28H,17H2,1H3. The van der Waals surface area contributed by atoms with Crippen LogP contribution in [0.1, 0.15) is 23.1 Å². The van der Waals surface area contributed by atoms with E-state index in [0.29, 0.717) is 11.8 Å². The number of alkyl halides is 3. The van der Waals surface area contributed by atoms with E-state index in [9.17, 15) is 22.0 Å². The molecule has 0 N–H and O–H groups in total. The lowest BCUT2D eigenvalue weighted by Crippen LogP contribution is -2.13. The van der Waals surface area contributed by atoms with Crippen molar-refractivity contribution in [3.63, 3.8) is 0 Å². The minimum atomic E-state index is -4.69. The van der Waals surface area contributed by atoms with Gasteiger partial charge in [0, 0.05) is 21.8 Å². The molecule has 4 rings (SSSR count). The van der Waals surface area contributed by atoms with E-state index in [0.717, 1.165) is 27.5 Å². The van der Waals surface area contributed by atoms with Crippen molar-refractivity contribution in [3.05, 3.63) is 125 Å². The van der Waals surface area contributed by atoms with Crippen LogP contribution in [0.2, 0.25) is 0 Å². The molecule has 0 aliphatic rings. The topological polar surface area (TPSA) is 12.4 Å². The van der Waals surface area contributed by atoms with Crippen molar-refractivity contribution in [1.82, 2.24) is 0 Å². The highest BCUT2D eigenvalue weighted by atomic mass is 32.2. The molecule has 0 aliphatic carbocycles. The van der Waals surface area contributed by atoms with E-state index in [1.807, 2.05) is 19.1 Å². The second-order valence-corrected chi connectivity index (χ2v) is 11.2. The summed E-state index contributed by atoms with van der Waals surface area (Å²) in [5.41, 5.74) is 0.605. The summed E-state index contributed by atoms with van der Waals surface area (Å²) in [6.07, 6.45) is -4.55. The van der Waals surface area contributed by atoms with Gasteiger partial charge in [0.1, 0.15) is 17.5 Å². The summed E-state index contributed by atoms with van der Waals surface area (Å²) < 4.78 is 81.3. The van der Waals surface area contributed by atoms with Crippen molar-refractivity contribution in [3.8, 4) is 0 Å². The maximum absolute atomic E-state index is 15.1. The number of aryl methyl sites for hydroxylation is 1. The Morgan fingerprint density at radius 1 is 0.737 bits per heavy atom. The van der Waals surface area contributed by atoms with Gasteiger partial charge in [-0.3, -0.25) is 4.99 Å². The van der Waals surface area contributed by atoms with Gasteiger partial charge >= 0.3 is 6.18 Å². The number of rotatable bonds is 8. The van der Waals surface area contributed by atoms with E-state index in [-0.39, 0.29) is 22.3 Å². The molecule has 0 saturated heterocycles. The number of halogens is 6. The van der Waals surface area contributed by atoms with Crippen LogP contribution in [0.3, 0.4) is 0 Å². The van der Waals surface area contributed by atoms with Gasteiger partial charge in [-0.2, -0.15) is 13.2 Å². The second-order valence-electron chi connectivity index (χ2n) is 8.36. The van der Waals surface area contributed by atoms with Gasteiger partial charge in [-0.05, 0) is 85.8 Å². The Kier molecular flexibility index (Phi) is 8.89. The smallest absolute Gasteiger partial charge is 0.253 e. The Morgan fingerprint density at radius 2 is 1.26 bits per heavy atom. The highest BCUT2D eigenvalue weighted by molar-refractivity contribution is 8.17. The summed E-state index contributed by atoms with van der Waals surface area (Å²) in [6, 6.07) is 21.2. The maximum Gasteiger partial charge on any atom is 0.416 e. The Bertz CT molecular complexity index is 1350. The monoisotopic (exact) mass is 561 g/mol. The number of hydrogen-bond acceptors (Lipinski definition) is 3. The molecule has 0 aromatic heterocycles. The highest BCUT2D eigenvalue weighted by Crippen LogP contribution is 2.39. The molecule has 0 saturated carbocycles. The van der Waals surface area contributed by atoms with Crippen LogP contribution in [0.5, 0.6) is 0 Å². The Hall–Kier alpha value is -3.17. The molecule has 4 aromatic rings. The average molecular weight is 562 g/mol. The van der Waals surface area contributed by atoms with Crippen molar-refractivity contribution >= 4 is 34.9 Å². The van der Waals surface area contributed by atoms with Gasteiger partial charge < -0.3 is 0 Å². The first-order valence-electron chi connectivity index (χ1n) is 11.4. The molecule has 0 bridgehead atoms. The second kappa shape index (κ2) is 12.1. The Balaban J connectivity index is 1.74. The first-order chi connectivity index (χ1) is 18.1. The van der Waals surface area contributed by atoms with Crippen LogP contribution >= 0.6 is 23.5 Å². The molecule has 9 heteroatoms. The van der Waals surface area contributed by atoms with Gasteiger partial charge in [-0.15, -0.1) is 23.5 Å². The summed E-state index contributed by atoms with van der Waals surface area (Å²) in [4.78, 5) is 6.08. The lowest BCUT2D eigenvalue weighted by atomic mass is 10.0. The van der Waals surface area contributed by atoms with Crippen LogP contribution in [-0.4, -0.2) is 10.3 Å². The van der Waals surface area contributed by atoms with Gasteiger partial charge in [0.05, 0.1) is 21.5 Å². The fourth-order valence-corrected chi connectivity index (χ4v) is 6.05. The van der Waals surface area contributed by atoms with Gasteiger partial charge in [0.25, 0.3) is 0 Å². The van der Waals surface area contributed by atoms with Gasteiger partial charge in [0.2, 0.25) is 0 Å². The molecule has 0 fully saturated rings. The molecule has 196 valence electrons. The highest BCUT2D eigenvalue weighted by Gasteiger charge is 2.31. The minimum Gasteiger partial charge on any atom is -0.253 e. The molecular weight excluding hydrogens is 540 g/mol. The predicted octanol–water partition coefficient (Wildman–Crippen LogP) is 9.85. The van der Waals surface area contributed by atoms with E-state index >= 15 is 4.39 Å². The molecule has 0 unspecified atom stereocenters. The van der Waals surface area contributed by atoms with E-state index < -0.39 is 29.2 Å². The third-order valence-corrected chi connectivity index (χ3v) is 7.95. The Labute approximate surface area is 225 Å². The summed E-state index contributed by atoms with van der Waals surface area (Å²) in [5.74, 6) is -1.83. The van der Waals surface area contributed by atoms with Gasteiger partial charge in [-0.1, -0.05) is 17.7 Å². The molecule has 0 atom stereocenters. The van der Waals surface area contributed by atoms with Crippen molar-refractivity contribution in [2.24, 2.45) is 4.99 Å². The number of thioether (sulfide) groups is 2. The fraction of sp³-hybridized carbons (Fsp3) is 0.138. The SMILES string of the molecule is Cc1ccc(N=C(CC(Sc2ccc(F)cc2)Sc2ccc(F)cc2)c2ccc(C(F)(F)F)cc2F)cc1. The van der Waals surface area contributed by atoms with E-state index in [2.05, 4.69) is 4.99 Å². The number of nitrogens with zero attached hydrogens (tertiary/aromatic N) is 1. The molecule has 0 aliphatic heterocycles. The number of hydrogen-bond donors (Lipinski definition) is 0. The first-order valence-corrected chi connectivity index (χ1v) is 13.2.